The van der Waals surface area contributed by atoms with Crippen molar-refractivity contribution in [3.8, 4) is 0 Å². The molecule has 1 atom stereocenters. The molecular formula is C8H12N2O2. The van der Waals surface area contributed by atoms with Gasteiger partial charge in [0.05, 0.1) is 0 Å². The molecule has 1 saturated heterocycles. The van der Waals surface area contributed by atoms with Crippen molar-refractivity contribution in [2.24, 2.45) is 5.16 Å². The molecule has 66 valence electrons. The minimum Gasteiger partial charge on any atom is -0.389 e. The Morgan fingerprint density at radius 1 is 1.58 bits per heavy atom. The van der Waals surface area contributed by atoms with E-state index < -0.39 is 0 Å². The van der Waals surface area contributed by atoms with Crippen LogP contribution in [-0.2, 0) is 9.63 Å². The molecular weight excluding hydrogens is 156 g/mol. The van der Waals surface area contributed by atoms with E-state index in [9.17, 15) is 4.79 Å². The standard InChI is InChI=1S/C8H12N2O2/c11-7-1-2-8(3-5-9-7)4-6-10-12-8/h6H,1-5H2,(H,9,11). The maximum absolute atomic E-state index is 11.0. The molecule has 0 bridgehead atoms. The monoisotopic (exact) mass is 168 g/mol. The van der Waals surface area contributed by atoms with Crippen LogP contribution in [0.4, 0.5) is 0 Å². The Balaban J connectivity index is 2.02. The topological polar surface area (TPSA) is 50.7 Å². The number of oxime groups is 1. The highest BCUT2D eigenvalue weighted by Gasteiger charge is 2.36. The van der Waals surface area contributed by atoms with E-state index in [4.69, 9.17) is 4.84 Å². The van der Waals surface area contributed by atoms with Crippen LogP contribution in [0.15, 0.2) is 5.16 Å². The van der Waals surface area contributed by atoms with Crippen molar-refractivity contribution >= 4 is 12.1 Å². The van der Waals surface area contributed by atoms with Gasteiger partial charge in [-0.1, -0.05) is 5.16 Å². The van der Waals surface area contributed by atoms with Crippen LogP contribution in [0.25, 0.3) is 0 Å². The van der Waals surface area contributed by atoms with Crippen LogP contribution in [0.2, 0.25) is 0 Å². The lowest BCUT2D eigenvalue weighted by Crippen LogP contribution is -2.29. The van der Waals surface area contributed by atoms with Crippen molar-refractivity contribution in [3.63, 3.8) is 0 Å². The molecule has 1 N–H and O–H groups in total. The summed E-state index contributed by atoms with van der Waals surface area (Å²) in [5, 5.41) is 6.58. The van der Waals surface area contributed by atoms with Crippen LogP contribution in [0.3, 0.4) is 0 Å². The molecule has 0 aliphatic carbocycles. The Kier molecular flexibility index (Phi) is 1.75. The highest BCUT2D eigenvalue weighted by molar-refractivity contribution is 5.76. The van der Waals surface area contributed by atoms with Crippen molar-refractivity contribution < 1.29 is 9.63 Å². The van der Waals surface area contributed by atoms with E-state index in [1.54, 1.807) is 6.21 Å². The maximum atomic E-state index is 11.0. The summed E-state index contributed by atoms with van der Waals surface area (Å²) < 4.78 is 0. The number of rotatable bonds is 0. The number of hydrogen-bond donors (Lipinski definition) is 1. The lowest BCUT2D eigenvalue weighted by atomic mass is 9.92. The van der Waals surface area contributed by atoms with Crippen molar-refractivity contribution in [1.29, 1.82) is 0 Å². The van der Waals surface area contributed by atoms with E-state index in [0.717, 1.165) is 19.3 Å². The Labute approximate surface area is 71.0 Å². The molecule has 2 heterocycles. The average Bonchev–Trinajstić information content (AvgIpc) is 2.42. The van der Waals surface area contributed by atoms with Crippen LogP contribution in [-0.4, -0.2) is 24.3 Å². The fourth-order valence-electron chi connectivity index (χ4n) is 1.67. The molecule has 2 rings (SSSR count). The quantitative estimate of drug-likeness (QED) is 0.570. The van der Waals surface area contributed by atoms with Gasteiger partial charge in [-0.25, -0.2) is 0 Å². The molecule has 1 unspecified atom stereocenters. The molecule has 2 aliphatic rings. The molecule has 1 fully saturated rings. The zero-order valence-electron chi connectivity index (χ0n) is 6.88. The summed E-state index contributed by atoms with van der Waals surface area (Å²) in [6.45, 7) is 0.711. The van der Waals surface area contributed by atoms with E-state index in [-0.39, 0.29) is 11.5 Å². The Bertz CT molecular complexity index is 217. The van der Waals surface area contributed by atoms with E-state index in [1.165, 1.54) is 0 Å². The molecule has 0 radical (unpaired) electrons. The van der Waals surface area contributed by atoms with Gasteiger partial charge >= 0.3 is 0 Å². The fraction of sp³-hybridized carbons (Fsp3) is 0.750. The van der Waals surface area contributed by atoms with Gasteiger partial charge in [0.2, 0.25) is 5.91 Å². The third kappa shape index (κ3) is 1.29. The summed E-state index contributed by atoms with van der Waals surface area (Å²) in [5.41, 5.74) is -0.167. The minimum absolute atomic E-state index is 0.127. The summed E-state index contributed by atoms with van der Waals surface area (Å²) in [7, 11) is 0. The molecule has 1 amide bonds. The van der Waals surface area contributed by atoms with Gasteiger partial charge in [0.25, 0.3) is 0 Å². The second-order valence-electron chi connectivity index (χ2n) is 3.37. The highest BCUT2D eigenvalue weighted by atomic mass is 16.7. The number of hydrogen-bond acceptors (Lipinski definition) is 3. The molecule has 0 aromatic carbocycles. The molecule has 0 aromatic rings. The van der Waals surface area contributed by atoms with Gasteiger partial charge in [-0.05, 0) is 6.42 Å². The molecule has 0 aromatic heterocycles. The van der Waals surface area contributed by atoms with Crippen LogP contribution in [0, 0.1) is 0 Å². The molecule has 0 saturated carbocycles. The number of carbonyl (C=O) groups is 1. The van der Waals surface area contributed by atoms with Crippen molar-refractivity contribution in [3.05, 3.63) is 0 Å². The zero-order valence-corrected chi connectivity index (χ0v) is 6.88. The summed E-state index contributed by atoms with van der Waals surface area (Å²) >= 11 is 0. The van der Waals surface area contributed by atoms with Crippen LogP contribution in [0.5, 0.6) is 0 Å². The average molecular weight is 168 g/mol. The molecule has 2 aliphatic heterocycles. The SMILES string of the molecule is O=C1CCC2(CC=NO2)CCN1. The zero-order chi connectivity index (χ0) is 8.44. The van der Waals surface area contributed by atoms with Gasteiger partial charge in [-0.15, -0.1) is 0 Å². The largest absolute Gasteiger partial charge is 0.389 e. The van der Waals surface area contributed by atoms with Gasteiger partial charge in [0.15, 0.2) is 0 Å². The first-order valence-corrected chi connectivity index (χ1v) is 4.28. The van der Waals surface area contributed by atoms with Crippen molar-refractivity contribution in [1.82, 2.24) is 5.32 Å². The number of carbonyl (C=O) groups excluding carboxylic acids is 1. The van der Waals surface area contributed by atoms with Gasteiger partial charge < -0.3 is 10.2 Å². The van der Waals surface area contributed by atoms with Crippen molar-refractivity contribution in [2.45, 2.75) is 31.3 Å². The Hall–Kier alpha value is -1.06. The number of nitrogens with one attached hydrogen (secondary N) is 1. The van der Waals surface area contributed by atoms with Gasteiger partial charge in [0, 0.05) is 32.0 Å². The summed E-state index contributed by atoms with van der Waals surface area (Å²) in [6.07, 6.45) is 4.86. The van der Waals surface area contributed by atoms with Gasteiger partial charge in [0.1, 0.15) is 5.60 Å². The molecule has 4 nitrogen and oxygen atoms in total. The smallest absolute Gasteiger partial charge is 0.220 e. The summed E-state index contributed by atoms with van der Waals surface area (Å²) in [6, 6.07) is 0. The molecule has 1 spiro atoms. The lowest BCUT2D eigenvalue weighted by Gasteiger charge is -2.23. The number of nitrogens with zero attached hydrogens (tertiary/aromatic N) is 1. The Morgan fingerprint density at radius 2 is 2.50 bits per heavy atom. The highest BCUT2D eigenvalue weighted by Crippen LogP contribution is 2.30. The van der Waals surface area contributed by atoms with E-state index in [1.807, 2.05) is 0 Å². The summed E-state index contributed by atoms with van der Waals surface area (Å²) in [4.78, 5) is 16.3. The third-order valence-corrected chi connectivity index (χ3v) is 2.49. The second-order valence-corrected chi connectivity index (χ2v) is 3.37. The Morgan fingerprint density at radius 3 is 3.25 bits per heavy atom. The lowest BCUT2D eigenvalue weighted by molar-refractivity contribution is -0.121. The number of amides is 1. The second kappa shape index (κ2) is 2.77. The normalized spacial score (nSPS) is 34.5. The van der Waals surface area contributed by atoms with Crippen LogP contribution >= 0.6 is 0 Å². The first-order chi connectivity index (χ1) is 5.81. The maximum Gasteiger partial charge on any atom is 0.220 e. The minimum atomic E-state index is -0.167. The van der Waals surface area contributed by atoms with Gasteiger partial charge in [-0.3, -0.25) is 4.79 Å². The first-order valence-electron chi connectivity index (χ1n) is 4.28. The van der Waals surface area contributed by atoms with Crippen LogP contribution < -0.4 is 5.32 Å². The van der Waals surface area contributed by atoms with Crippen LogP contribution in [0.1, 0.15) is 25.7 Å². The summed E-state index contributed by atoms with van der Waals surface area (Å²) in [5.74, 6) is 0.127. The molecule has 12 heavy (non-hydrogen) atoms. The molecule has 4 heteroatoms. The van der Waals surface area contributed by atoms with E-state index >= 15 is 0 Å². The fourth-order valence-corrected chi connectivity index (χ4v) is 1.67. The van der Waals surface area contributed by atoms with Gasteiger partial charge in [-0.2, -0.15) is 0 Å². The van der Waals surface area contributed by atoms with Crippen molar-refractivity contribution in [2.75, 3.05) is 6.54 Å². The van der Waals surface area contributed by atoms with E-state index in [0.29, 0.717) is 13.0 Å². The predicted octanol–water partition coefficient (Wildman–Crippen LogP) is 0.431. The van der Waals surface area contributed by atoms with E-state index in [2.05, 4.69) is 10.5 Å². The first kappa shape index (κ1) is 7.58. The predicted molar refractivity (Wildman–Crippen MR) is 43.8 cm³/mol. The third-order valence-electron chi connectivity index (χ3n) is 2.49.